The van der Waals surface area contributed by atoms with Crippen LogP contribution in [0.4, 0.5) is 0 Å². The summed E-state index contributed by atoms with van der Waals surface area (Å²) < 4.78 is 0. The minimum atomic E-state index is -0.391. The van der Waals surface area contributed by atoms with E-state index in [1.807, 2.05) is 43.3 Å². The number of nitrogens with one attached hydrogen (secondary N) is 2. The van der Waals surface area contributed by atoms with Crippen LogP contribution in [0.1, 0.15) is 28.8 Å². The van der Waals surface area contributed by atoms with Crippen LogP contribution in [-0.4, -0.2) is 40.2 Å². The van der Waals surface area contributed by atoms with Gasteiger partial charge in [-0.05, 0) is 18.6 Å². The molecule has 0 spiro atoms. The molecule has 4 atom stereocenters. The molecule has 2 aromatic carbocycles. The number of likely N-dealkylation sites (tertiary alicyclic amines) is 1. The summed E-state index contributed by atoms with van der Waals surface area (Å²) in [6, 6.07) is 14.6. The third-order valence-electron chi connectivity index (χ3n) is 5.45. The molecule has 0 aromatic heterocycles. The SMILES string of the molecule is Cc1ccc(C2C3C(NNC3c3ccccc3O)C(=O)N2CCO)cc1. The van der Waals surface area contributed by atoms with Gasteiger partial charge in [0.25, 0.3) is 0 Å². The van der Waals surface area contributed by atoms with Crippen LogP contribution in [0.15, 0.2) is 48.5 Å². The lowest BCUT2D eigenvalue weighted by Crippen LogP contribution is -2.42. The molecule has 6 heteroatoms. The average molecular weight is 353 g/mol. The molecule has 1 amide bonds. The van der Waals surface area contributed by atoms with Gasteiger partial charge in [0.2, 0.25) is 5.91 Å². The van der Waals surface area contributed by atoms with E-state index in [-0.39, 0.29) is 36.3 Å². The van der Waals surface area contributed by atoms with Crippen LogP contribution in [-0.2, 0) is 4.79 Å². The van der Waals surface area contributed by atoms with Crippen molar-refractivity contribution >= 4 is 5.91 Å². The van der Waals surface area contributed by atoms with Crippen molar-refractivity contribution in [1.29, 1.82) is 0 Å². The number of aliphatic hydroxyl groups is 1. The van der Waals surface area contributed by atoms with Gasteiger partial charge < -0.3 is 15.1 Å². The number of phenols is 1. The number of β-amino-alcohol motifs (C(OH)–C–C–N with tert-alkyl or cyclic N) is 1. The Kier molecular flexibility index (Phi) is 4.40. The second-order valence-corrected chi connectivity index (χ2v) is 6.99. The highest BCUT2D eigenvalue weighted by atomic mass is 16.3. The first-order chi connectivity index (χ1) is 12.6. The number of fused-ring (bicyclic) bond motifs is 1. The molecule has 2 saturated heterocycles. The van der Waals surface area contributed by atoms with Crippen LogP contribution in [0.2, 0.25) is 0 Å². The lowest BCUT2D eigenvalue weighted by atomic mass is 9.83. The normalized spacial score (nSPS) is 27.8. The van der Waals surface area contributed by atoms with E-state index >= 15 is 0 Å². The van der Waals surface area contributed by atoms with Crippen molar-refractivity contribution in [1.82, 2.24) is 15.8 Å². The molecule has 2 heterocycles. The number of carbonyl (C=O) groups is 1. The van der Waals surface area contributed by atoms with E-state index in [4.69, 9.17) is 0 Å². The Balaban J connectivity index is 1.78. The lowest BCUT2D eigenvalue weighted by molar-refractivity contribution is -0.131. The van der Waals surface area contributed by atoms with Gasteiger partial charge in [0.05, 0.1) is 18.7 Å². The number of benzene rings is 2. The summed E-state index contributed by atoms with van der Waals surface area (Å²) in [5.74, 6) is 0.0910. The number of amides is 1. The fraction of sp³-hybridized carbons (Fsp3) is 0.350. The third kappa shape index (κ3) is 2.67. The minimum absolute atomic E-state index is 0.0277. The highest BCUT2D eigenvalue weighted by molar-refractivity contribution is 5.86. The van der Waals surface area contributed by atoms with E-state index in [9.17, 15) is 15.0 Å². The van der Waals surface area contributed by atoms with Gasteiger partial charge in [-0.2, -0.15) is 0 Å². The molecule has 2 aliphatic rings. The van der Waals surface area contributed by atoms with Crippen molar-refractivity contribution in [2.75, 3.05) is 13.2 Å². The van der Waals surface area contributed by atoms with E-state index in [1.54, 1.807) is 17.0 Å². The van der Waals surface area contributed by atoms with E-state index in [2.05, 4.69) is 10.9 Å². The van der Waals surface area contributed by atoms with Crippen molar-refractivity contribution in [2.24, 2.45) is 5.92 Å². The second kappa shape index (κ2) is 6.72. The Labute approximate surface area is 152 Å². The molecule has 4 rings (SSSR count). The van der Waals surface area contributed by atoms with Crippen LogP contribution in [0.5, 0.6) is 5.75 Å². The maximum Gasteiger partial charge on any atom is 0.242 e. The van der Waals surface area contributed by atoms with Gasteiger partial charge in [0.1, 0.15) is 11.8 Å². The van der Waals surface area contributed by atoms with Gasteiger partial charge >= 0.3 is 0 Å². The third-order valence-corrected chi connectivity index (χ3v) is 5.45. The zero-order valence-corrected chi connectivity index (χ0v) is 14.6. The zero-order chi connectivity index (χ0) is 18.3. The van der Waals surface area contributed by atoms with E-state index < -0.39 is 6.04 Å². The van der Waals surface area contributed by atoms with Crippen molar-refractivity contribution < 1.29 is 15.0 Å². The maximum absolute atomic E-state index is 12.9. The number of hydrazine groups is 1. The number of para-hydroxylation sites is 1. The zero-order valence-electron chi connectivity index (χ0n) is 14.6. The largest absolute Gasteiger partial charge is 0.508 e. The molecular formula is C20H23N3O3. The molecule has 26 heavy (non-hydrogen) atoms. The van der Waals surface area contributed by atoms with E-state index in [0.717, 1.165) is 16.7 Å². The first-order valence-corrected chi connectivity index (χ1v) is 8.88. The number of nitrogens with zero attached hydrogens (tertiary/aromatic N) is 1. The number of aryl methyl sites for hydroxylation is 1. The number of rotatable bonds is 4. The first kappa shape index (κ1) is 17.0. The smallest absolute Gasteiger partial charge is 0.242 e. The van der Waals surface area contributed by atoms with Crippen LogP contribution < -0.4 is 10.9 Å². The fourth-order valence-electron chi connectivity index (χ4n) is 4.24. The van der Waals surface area contributed by atoms with Crippen molar-refractivity contribution in [3.8, 4) is 5.75 Å². The molecule has 2 aromatic rings. The Morgan fingerprint density at radius 1 is 1.04 bits per heavy atom. The summed E-state index contributed by atoms with van der Waals surface area (Å²) in [7, 11) is 0. The van der Waals surface area contributed by atoms with Crippen molar-refractivity contribution in [2.45, 2.75) is 25.0 Å². The van der Waals surface area contributed by atoms with Gasteiger partial charge in [-0.3, -0.25) is 4.79 Å². The predicted octanol–water partition coefficient (Wildman–Crippen LogP) is 1.41. The summed E-state index contributed by atoms with van der Waals surface area (Å²) in [5, 5.41) is 19.8. The quantitative estimate of drug-likeness (QED) is 0.668. The van der Waals surface area contributed by atoms with Crippen LogP contribution in [0.25, 0.3) is 0 Å². The van der Waals surface area contributed by atoms with Crippen molar-refractivity contribution in [3.05, 3.63) is 65.2 Å². The number of carbonyl (C=O) groups excluding carboxylic acids is 1. The number of phenolic OH excluding ortho intramolecular Hbond substituents is 1. The first-order valence-electron chi connectivity index (χ1n) is 8.88. The Hall–Kier alpha value is -2.41. The van der Waals surface area contributed by atoms with Gasteiger partial charge in [0, 0.05) is 18.0 Å². The monoisotopic (exact) mass is 353 g/mol. The summed E-state index contributed by atoms with van der Waals surface area (Å²) in [6.07, 6.45) is 0. The molecule has 4 unspecified atom stereocenters. The predicted molar refractivity (Wildman–Crippen MR) is 97.1 cm³/mol. The molecule has 0 saturated carbocycles. The van der Waals surface area contributed by atoms with Crippen LogP contribution in [0, 0.1) is 12.8 Å². The molecule has 0 radical (unpaired) electrons. The van der Waals surface area contributed by atoms with E-state index in [1.165, 1.54) is 0 Å². The van der Waals surface area contributed by atoms with E-state index in [0.29, 0.717) is 6.54 Å². The summed E-state index contributed by atoms with van der Waals surface area (Å²) in [4.78, 5) is 14.7. The van der Waals surface area contributed by atoms with Crippen LogP contribution in [0.3, 0.4) is 0 Å². The van der Waals surface area contributed by atoms with Gasteiger partial charge in [0.15, 0.2) is 0 Å². The molecular weight excluding hydrogens is 330 g/mol. The number of hydrogen-bond donors (Lipinski definition) is 4. The average Bonchev–Trinajstić information content (AvgIpc) is 3.17. The molecule has 6 nitrogen and oxygen atoms in total. The Bertz CT molecular complexity index is 808. The molecule has 4 N–H and O–H groups in total. The van der Waals surface area contributed by atoms with Gasteiger partial charge in [-0.1, -0.05) is 48.0 Å². The van der Waals surface area contributed by atoms with Gasteiger partial charge in [-0.15, -0.1) is 0 Å². The molecule has 2 fully saturated rings. The molecule has 2 aliphatic heterocycles. The molecule has 0 bridgehead atoms. The topological polar surface area (TPSA) is 84.8 Å². The summed E-state index contributed by atoms with van der Waals surface area (Å²) in [6.45, 7) is 2.24. The highest BCUT2D eigenvalue weighted by Crippen LogP contribution is 2.48. The van der Waals surface area contributed by atoms with Crippen LogP contribution >= 0.6 is 0 Å². The molecule has 136 valence electrons. The summed E-state index contributed by atoms with van der Waals surface area (Å²) in [5.41, 5.74) is 9.27. The number of hydrogen-bond acceptors (Lipinski definition) is 5. The highest BCUT2D eigenvalue weighted by Gasteiger charge is 2.55. The Morgan fingerprint density at radius 2 is 1.73 bits per heavy atom. The summed E-state index contributed by atoms with van der Waals surface area (Å²) >= 11 is 0. The van der Waals surface area contributed by atoms with Crippen molar-refractivity contribution in [3.63, 3.8) is 0 Å². The number of aromatic hydroxyl groups is 1. The van der Waals surface area contributed by atoms with Gasteiger partial charge in [-0.25, -0.2) is 10.9 Å². The lowest BCUT2D eigenvalue weighted by Gasteiger charge is -2.31. The second-order valence-electron chi connectivity index (χ2n) is 6.99. The maximum atomic E-state index is 12.9. The fourth-order valence-corrected chi connectivity index (χ4v) is 4.24. The number of aliphatic hydroxyl groups excluding tert-OH is 1. The standard InChI is InChI=1S/C20H23N3O3/c1-12-6-8-13(9-7-12)19-16-17(14-4-2-3-5-15(14)25)21-22-18(16)20(26)23(19)10-11-24/h2-9,16-19,21-22,24-25H,10-11H2,1H3. The molecule has 0 aliphatic carbocycles. The minimum Gasteiger partial charge on any atom is -0.508 e. The Morgan fingerprint density at radius 3 is 2.42 bits per heavy atom.